The summed E-state index contributed by atoms with van der Waals surface area (Å²) >= 11 is 0. The van der Waals surface area contributed by atoms with Gasteiger partial charge < -0.3 is 16.8 Å². The molecule has 0 radical (unpaired) electrons. The fourth-order valence-corrected chi connectivity index (χ4v) is 1.66. The molecular weight excluding hydrogens is 226 g/mol. The summed E-state index contributed by atoms with van der Waals surface area (Å²) in [5.41, 5.74) is 14.0. The van der Waals surface area contributed by atoms with Crippen molar-refractivity contribution in [2.75, 3.05) is 11.1 Å². The van der Waals surface area contributed by atoms with E-state index in [0.29, 0.717) is 17.8 Å². The Hall–Kier alpha value is -2.49. The van der Waals surface area contributed by atoms with Crippen molar-refractivity contribution in [2.24, 2.45) is 5.73 Å². The first-order valence-corrected chi connectivity index (χ1v) is 5.64. The quantitative estimate of drug-likeness (QED) is 0.716. The van der Waals surface area contributed by atoms with Crippen LogP contribution in [0, 0.1) is 0 Å². The number of carbonyl (C=O) groups excluding carboxylic acids is 1. The molecule has 4 nitrogen and oxygen atoms in total. The number of nitrogens with two attached hydrogens (primary N) is 2. The highest BCUT2D eigenvalue weighted by atomic mass is 16.1. The van der Waals surface area contributed by atoms with Crippen LogP contribution >= 0.6 is 0 Å². The average molecular weight is 241 g/mol. The zero-order chi connectivity index (χ0) is 13.0. The third kappa shape index (κ3) is 2.79. The molecule has 0 aliphatic heterocycles. The van der Waals surface area contributed by atoms with Gasteiger partial charge >= 0.3 is 0 Å². The van der Waals surface area contributed by atoms with Crippen LogP contribution in [0.1, 0.15) is 15.9 Å². The van der Waals surface area contributed by atoms with Gasteiger partial charge in [0.25, 0.3) is 0 Å². The number of carbonyl (C=O) groups is 1. The van der Waals surface area contributed by atoms with Crippen molar-refractivity contribution in [3.8, 4) is 0 Å². The standard InChI is InChI=1S/C14H15N3O/c15-12-7-6-11(14(16)18)8-13(12)17-9-10-4-2-1-3-5-10/h1-8,17H,9,15H2,(H2,16,18). The highest BCUT2D eigenvalue weighted by Crippen LogP contribution is 2.20. The molecule has 0 spiro atoms. The van der Waals surface area contributed by atoms with Gasteiger partial charge in [-0.2, -0.15) is 0 Å². The predicted molar refractivity (Wildman–Crippen MR) is 73.1 cm³/mol. The number of hydrogen-bond acceptors (Lipinski definition) is 3. The molecule has 4 heteroatoms. The minimum atomic E-state index is -0.460. The van der Waals surface area contributed by atoms with Crippen LogP contribution in [0.15, 0.2) is 48.5 Å². The number of anilines is 2. The number of rotatable bonds is 4. The maximum absolute atomic E-state index is 11.1. The Balaban J connectivity index is 2.14. The third-order valence-electron chi connectivity index (χ3n) is 2.66. The van der Waals surface area contributed by atoms with Gasteiger partial charge in [-0.1, -0.05) is 30.3 Å². The monoisotopic (exact) mass is 241 g/mol. The maximum atomic E-state index is 11.1. The summed E-state index contributed by atoms with van der Waals surface area (Å²) in [5, 5.41) is 3.19. The van der Waals surface area contributed by atoms with Gasteiger partial charge in [0.1, 0.15) is 0 Å². The van der Waals surface area contributed by atoms with E-state index >= 15 is 0 Å². The SMILES string of the molecule is NC(=O)c1ccc(N)c(NCc2ccccc2)c1. The van der Waals surface area contributed by atoms with Gasteiger partial charge in [-0.15, -0.1) is 0 Å². The molecule has 0 aliphatic carbocycles. The second-order valence-corrected chi connectivity index (χ2v) is 4.01. The lowest BCUT2D eigenvalue weighted by molar-refractivity contribution is 0.100. The van der Waals surface area contributed by atoms with Gasteiger partial charge in [-0.3, -0.25) is 4.79 Å². The van der Waals surface area contributed by atoms with Gasteiger partial charge in [-0.25, -0.2) is 0 Å². The molecule has 0 bridgehead atoms. The second kappa shape index (κ2) is 5.23. The average Bonchev–Trinajstić information content (AvgIpc) is 2.38. The topological polar surface area (TPSA) is 81.1 Å². The van der Waals surface area contributed by atoms with Gasteiger partial charge in [0, 0.05) is 12.1 Å². The smallest absolute Gasteiger partial charge is 0.248 e. The zero-order valence-electron chi connectivity index (χ0n) is 9.89. The first-order valence-electron chi connectivity index (χ1n) is 5.64. The first-order chi connectivity index (χ1) is 8.66. The predicted octanol–water partition coefficient (Wildman–Crippen LogP) is 1.98. The molecule has 0 heterocycles. The molecule has 0 saturated carbocycles. The minimum Gasteiger partial charge on any atom is -0.397 e. The third-order valence-corrected chi connectivity index (χ3v) is 2.66. The molecule has 5 N–H and O–H groups in total. The van der Waals surface area contributed by atoms with E-state index in [2.05, 4.69) is 5.32 Å². The highest BCUT2D eigenvalue weighted by molar-refractivity contribution is 5.94. The van der Waals surface area contributed by atoms with Gasteiger partial charge in [0.05, 0.1) is 11.4 Å². The number of benzene rings is 2. The van der Waals surface area contributed by atoms with Crippen LogP contribution in [0.2, 0.25) is 0 Å². The van der Waals surface area contributed by atoms with E-state index in [-0.39, 0.29) is 0 Å². The molecule has 0 saturated heterocycles. The number of nitrogens with one attached hydrogen (secondary N) is 1. The van der Waals surface area contributed by atoms with Gasteiger partial charge in [0.15, 0.2) is 0 Å². The van der Waals surface area contributed by atoms with E-state index < -0.39 is 5.91 Å². The Labute approximate surface area is 106 Å². The minimum absolute atomic E-state index is 0.444. The molecule has 0 unspecified atom stereocenters. The summed E-state index contributed by atoms with van der Waals surface area (Å²) in [5.74, 6) is -0.460. The number of primary amides is 1. The first kappa shape index (κ1) is 12.0. The van der Waals surface area contributed by atoms with Gasteiger partial charge in [0.2, 0.25) is 5.91 Å². The van der Waals surface area contributed by atoms with E-state index in [4.69, 9.17) is 11.5 Å². The summed E-state index contributed by atoms with van der Waals surface area (Å²) in [4.78, 5) is 11.1. The van der Waals surface area contributed by atoms with Gasteiger partial charge in [-0.05, 0) is 23.8 Å². The van der Waals surface area contributed by atoms with E-state index in [9.17, 15) is 4.79 Å². The van der Waals surface area contributed by atoms with Crippen molar-refractivity contribution in [3.05, 3.63) is 59.7 Å². The lowest BCUT2D eigenvalue weighted by Gasteiger charge is -2.10. The van der Waals surface area contributed by atoms with E-state index in [1.54, 1.807) is 18.2 Å². The van der Waals surface area contributed by atoms with E-state index in [0.717, 1.165) is 11.3 Å². The molecule has 2 aromatic rings. The summed E-state index contributed by atoms with van der Waals surface area (Å²) in [6.45, 7) is 0.646. The fraction of sp³-hybridized carbons (Fsp3) is 0.0714. The number of hydrogen-bond donors (Lipinski definition) is 3. The zero-order valence-corrected chi connectivity index (χ0v) is 9.89. The Morgan fingerprint density at radius 1 is 1.11 bits per heavy atom. The molecule has 1 amide bonds. The van der Waals surface area contributed by atoms with Crippen molar-refractivity contribution in [1.82, 2.24) is 0 Å². The summed E-state index contributed by atoms with van der Waals surface area (Å²) in [6.07, 6.45) is 0. The lowest BCUT2D eigenvalue weighted by atomic mass is 10.1. The number of amides is 1. The second-order valence-electron chi connectivity index (χ2n) is 4.01. The summed E-state index contributed by atoms with van der Waals surface area (Å²) in [6, 6.07) is 14.9. The Morgan fingerprint density at radius 3 is 2.50 bits per heavy atom. The van der Waals surface area contributed by atoms with Crippen molar-refractivity contribution >= 4 is 17.3 Å². The van der Waals surface area contributed by atoms with Crippen LogP contribution in [0.5, 0.6) is 0 Å². The van der Waals surface area contributed by atoms with Crippen LogP contribution in [-0.4, -0.2) is 5.91 Å². The van der Waals surface area contributed by atoms with Crippen LogP contribution in [0.3, 0.4) is 0 Å². The Kier molecular flexibility index (Phi) is 3.48. The van der Waals surface area contributed by atoms with Crippen molar-refractivity contribution < 1.29 is 4.79 Å². The fourth-order valence-electron chi connectivity index (χ4n) is 1.66. The van der Waals surface area contributed by atoms with Crippen molar-refractivity contribution in [1.29, 1.82) is 0 Å². The molecule has 2 aromatic carbocycles. The lowest BCUT2D eigenvalue weighted by Crippen LogP contribution is -2.12. The molecule has 18 heavy (non-hydrogen) atoms. The summed E-state index contributed by atoms with van der Waals surface area (Å²) < 4.78 is 0. The molecule has 0 atom stereocenters. The van der Waals surface area contributed by atoms with Crippen LogP contribution in [0.25, 0.3) is 0 Å². The molecule has 92 valence electrons. The normalized spacial score (nSPS) is 10.0. The van der Waals surface area contributed by atoms with Crippen molar-refractivity contribution in [3.63, 3.8) is 0 Å². The molecule has 0 aromatic heterocycles. The van der Waals surface area contributed by atoms with Crippen LogP contribution in [0.4, 0.5) is 11.4 Å². The molecule has 0 aliphatic rings. The van der Waals surface area contributed by atoms with E-state index in [1.807, 2.05) is 30.3 Å². The molecular formula is C14H15N3O. The van der Waals surface area contributed by atoms with Crippen molar-refractivity contribution in [2.45, 2.75) is 6.54 Å². The van der Waals surface area contributed by atoms with Crippen LogP contribution < -0.4 is 16.8 Å². The van der Waals surface area contributed by atoms with Crippen LogP contribution in [-0.2, 0) is 6.54 Å². The molecule has 0 fully saturated rings. The Bertz CT molecular complexity index is 552. The number of nitrogen functional groups attached to an aromatic ring is 1. The summed E-state index contributed by atoms with van der Waals surface area (Å²) in [7, 11) is 0. The maximum Gasteiger partial charge on any atom is 0.248 e. The molecule has 2 rings (SSSR count). The highest BCUT2D eigenvalue weighted by Gasteiger charge is 2.04. The Morgan fingerprint density at radius 2 is 1.83 bits per heavy atom. The van der Waals surface area contributed by atoms with E-state index in [1.165, 1.54) is 0 Å². The largest absolute Gasteiger partial charge is 0.397 e.